The van der Waals surface area contributed by atoms with Crippen molar-refractivity contribution in [3.63, 3.8) is 0 Å². The van der Waals surface area contributed by atoms with Crippen LogP contribution in [0.1, 0.15) is 15.9 Å². The summed E-state index contributed by atoms with van der Waals surface area (Å²) in [6.45, 7) is 1.93. The molecule has 4 N–H and O–H groups in total. The number of nitrogens with zero attached hydrogens (tertiary/aromatic N) is 1. The van der Waals surface area contributed by atoms with E-state index in [1.807, 2.05) is 19.1 Å². The number of aryl methyl sites for hydroxylation is 1. The van der Waals surface area contributed by atoms with Gasteiger partial charge in [-0.15, -0.1) is 0 Å². The van der Waals surface area contributed by atoms with E-state index < -0.39 is 0 Å². The summed E-state index contributed by atoms with van der Waals surface area (Å²) in [7, 11) is 0. The SMILES string of the molecule is Cc1ccc(C(=O)Nc2ccccn2)c(NN)c1. The standard InChI is InChI=1S/C13H14N4O/c1-9-5-6-10(11(8-9)17-14)13(18)16-12-4-2-3-7-15-12/h2-8,17H,14H2,1H3,(H,15,16,18). The average molecular weight is 242 g/mol. The molecule has 5 heteroatoms. The average Bonchev–Trinajstić information content (AvgIpc) is 2.39. The van der Waals surface area contributed by atoms with Gasteiger partial charge in [-0.2, -0.15) is 0 Å². The highest BCUT2D eigenvalue weighted by Gasteiger charge is 2.11. The molecule has 1 aromatic carbocycles. The molecular formula is C13H14N4O. The van der Waals surface area contributed by atoms with Gasteiger partial charge in [0.2, 0.25) is 0 Å². The topological polar surface area (TPSA) is 80.0 Å². The van der Waals surface area contributed by atoms with Crippen LogP contribution in [0.25, 0.3) is 0 Å². The molecule has 0 radical (unpaired) electrons. The van der Waals surface area contributed by atoms with E-state index in [0.29, 0.717) is 17.1 Å². The fourth-order valence-corrected chi connectivity index (χ4v) is 1.60. The number of nitrogens with one attached hydrogen (secondary N) is 2. The summed E-state index contributed by atoms with van der Waals surface area (Å²) in [4.78, 5) is 16.1. The van der Waals surface area contributed by atoms with E-state index in [1.165, 1.54) is 0 Å². The quantitative estimate of drug-likeness (QED) is 0.567. The molecule has 0 aliphatic carbocycles. The van der Waals surface area contributed by atoms with Gasteiger partial charge in [-0.1, -0.05) is 12.1 Å². The summed E-state index contributed by atoms with van der Waals surface area (Å²) in [5.41, 5.74) is 4.61. The summed E-state index contributed by atoms with van der Waals surface area (Å²) in [5.74, 6) is 5.66. The van der Waals surface area contributed by atoms with E-state index >= 15 is 0 Å². The Hall–Kier alpha value is -2.40. The fraction of sp³-hybridized carbons (Fsp3) is 0.0769. The van der Waals surface area contributed by atoms with Gasteiger partial charge in [0, 0.05) is 6.20 Å². The minimum Gasteiger partial charge on any atom is -0.323 e. The molecule has 92 valence electrons. The number of nitrogen functional groups attached to an aromatic ring is 1. The van der Waals surface area contributed by atoms with Gasteiger partial charge in [0.05, 0.1) is 11.3 Å². The first kappa shape index (κ1) is 12.1. The van der Waals surface area contributed by atoms with Crippen LogP contribution in [-0.4, -0.2) is 10.9 Å². The van der Waals surface area contributed by atoms with Crippen LogP contribution in [0.3, 0.4) is 0 Å². The lowest BCUT2D eigenvalue weighted by molar-refractivity contribution is 0.102. The molecule has 1 aromatic heterocycles. The van der Waals surface area contributed by atoms with Gasteiger partial charge < -0.3 is 10.7 Å². The highest BCUT2D eigenvalue weighted by Crippen LogP contribution is 2.17. The van der Waals surface area contributed by atoms with Crippen molar-refractivity contribution in [1.82, 2.24) is 4.98 Å². The molecule has 2 aromatic rings. The molecule has 2 rings (SSSR count). The molecule has 0 aliphatic rings. The number of amides is 1. The Morgan fingerprint density at radius 2 is 2.11 bits per heavy atom. The first-order valence-electron chi connectivity index (χ1n) is 5.50. The maximum Gasteiger partial charge on any atom is 0.258 e. The van der Waals surface area contributed by atoms with Crippen LogP contribution in [0.5, 0.6) is 0 Å². The summed E-state index contributed by atoms with van der Waals surface area (Å²) in [6, 6.07) is 10.7. The van der Waals surface area contributed by atoms with Crippen molar-refractivity contribution in [2.45, 2.75) is 6.92 Å². The number of benzene rings is 1. The van der Waals surface area contributed by atoms with Crippen molar-refractivity contribution in [1.29, 1.82) is 0 Å². The predicted octanol–water partition coefficient (Wildman–Crippen LogP) is 1.93. The van der Waals surface area contributed by atoms with Crippen molar-refractivity contribution in [3.05, 3.63) is 53.7 Å². The predicted molar refractivity (Wildman–Crippen MR) is 71.2 cm³/mol. The second kappa shape index (κ2) is 5.29. The Kier molecular flexibility index (Phi) is 3.54. The molecule has 0 unspecified atom stereocenters. The van der Waals surface area contributed by atoms with Gasteiger partial charge in [-0.3, -0.25) is 10.6 Å². The van der Waals surface area contributed by atoms with Crippen LogP contribution in [-0.2, 0) is 0 Å². The molecule has 5 nitrogen and oxygen atoms in total. The minimum atomic E-state index is -0.248. The lowest BCUT2D eigenvalue weighted by atomic mass is 10.1. The van der Waals surface area contributed by atoms with Crippen molar-refractivity contribution in [3.8, 4) is 0 Å². The number of pyridine rings is 1. The number of carbonyl (C=O) groups excluding carboxylic acids is 1. The number of rotatable bonds is 3. The molecule has 0 bridgehead atoms. The third-order valence-corrected chi connectivity index (χ3v) is 2.48. The Morgan fingerprint density at radius 1 is 1.28 bits per heavy atom. The Labute approximate surface area is 105 Å². The van der Waals surface area contributed by atoms with Crippen molar-refractivity contribution in [2.75, 3.05) is 10.7 Å². The Morgan fingerprint density at radius 3 is 2.78 bits per heavy atom. The number of hydrogen-bond donors (Lipinski definition) is 3. The smallest absolute Gasteiger partial charge is 0.258 e. The zero-order valence-corrected chi connectivity index (χ0v) is 9.97. The van der Waals surface area contributed by atoms with Crippen LogP contribution in [0, 0.1) is 6.92 Å². The maximum atomic E-state index is 12.1. The molecule has 1 heterocycles. The second-order valence-corrected chi connectivity index (χ2v) is 3.86. The van der Waals surface area contributed by atoms with Gasteiger partial charge in [0.1, 0.15) is 5.82 Å². The van der Waals surface area contributed by atoms with Crippen molar-refractivity contribution in [2.24, 2.45) is 5.84 Å². The highest BCUT2D eigenvalue weighted by atomic mass is 16.1. The number of carbonyl (C=O) groups is 1. The normalized spacial score (nSPS) is 9.89. The number of nitrogens with two attached hydrogens (primary N) is 1. The number of hydrogen-bond acceptors (Lipinski definition) is 4. The van der Waals surface area contributed by atoms with Gasteiger partial charge in [-0.05, 0) is 36.8 Å². The van der Waals surface area contributed by atoms with Gasteiger partial charge >= 0.3 is 0 Å². The highest BCUT2D eigenvalue weighted by molar-refractivity contribution is 6.07. The zero-order chi connectivity index (χ0) is 13.0. The summed E-state index contributed by atoms with van der Waals surface area (Å²) in [6.07, 6.45) is 1.62. The van der Waals surface area contributed by atoms with E-state index in [4.69, 9.17) is 5.84 Å². The molecule has 18 heavy (non-hydrogen) atoms. The summed E-state index contributed by atoms with van der Waals surface area (Å²) >= 11 is 0. The summed E-state index contributed by atoms with van der Waals surface area (Å²) in [5, 5.41) is 2.71. The van der Waals surface area contributed by atoms with E-state index in [-0.39, 0.29) is 5.91 Å². The van der Waals surface area contributed by atoms with Gasteiger partial charge in [0.25, 0.3) is 5.91 Å². The Balaban J connectivity index is 2.24. The first-order chi connectivity index (χ1) is 8.70. The van der Waals surface area contributed by atoms with Crippen molar-refractivity contribution >= 4 is 17.4 Å². The summed E-state index contributed by atoms with van der Waals surface area (Å²) < 4.78 is 0. The molecule has 0 aliphatic heterocycles. The molecule has 1 amide bonds. The third kappa shape index (κ3) is 2.64. The first-order valence-corrected chi connectivity index (χ1v) is 5.50. The molecule has 0 saturated heterocycles. The lowest BCUT2D eigenvalue weighted by Crippen LogP contribution is -2.17. The minimum absolute atomic E-state index is 0.248. The molecular weight excluding hydrogens is 228 g/mol. The third-order valence-electron chi connectivity index (χ3n) is 2.48. The monoisotopic (exact) mass is 242 g/mol. The maximum absolute atomic E-state index is 12.1. The number of hydrazine groups is 1. The van der Waals surface area contributed by atoms with Gasteiger partial charge in [-0.25, -0.2) is 4.98 Å². The van der Waals surface area contributed by atoms with E-state index in [0.717, 1.165) is 5.56 Å². The zero-order valence-electron chi connectivity index (χ0n) is 9.97. The van der Waals surface area contributed by atoms with Crippen LogP contribution in [0.15, 0.2) is 42.6 Å². The van der Waals surface area contributed by atoms with Crippen LogP contribution < -0.4 is 16.6 Å². The number of anilines is 2. The molecule has 0 atom stereocenters. The molecule has 0 spiro atoms. The largest absolute Gasteiger partial charge is 0.323 e. The number of aromatic nitrogens is 1. The molecule has 0 fully saturated rings. The van der Waals surface area contributed by atoms with E-state index in [1.54, 1.807) is 30.5 Å². The second-order valence-electron chi connectivity index (χ2n) is 3.86. The van der Waals surface area contributed by atoms with Crippen LogP contribution in [0.4, 0.5) is 11.5 Å². The Bertz CT molecular complexity index is 554. The van der Waals surface area contributed by atoms with Crippen LogP contribution in [0.2, 0.25) is 0 Å². The van der Waals surface area contributed by atoms with Crippen molar-refractivity contribution < 1.29 is 4.79 Å². The lowest BCUT2D eigenvalue weighted by Gasteiger charge is -2.09. The van der Waals surface area contributed by atoms with Gasteiger partial charge in [0.15, 0.2) is 0 Å². The van der Waals surface area contributed by atoms with Crippen LogP contribution >= 0.6 is 0 Å². The van der Waals surface area contributed by atoms with E-state index in [9.17, 15) is 4.79 Å². The fourth-order valence-electron chi connectivity index (χ4n) is 1.60. The molecule has 0 saturated carbocycles. The van der Waals surface area contributed by atoms with E-state index in [2.05, 4.69) is 15.7 Å².